The SMILES string of the molecule is C#C\C=C/C=C(C/C(C=C)=C/C=C)\C(\C=C/C#C)=C\C. The molecule has 0 N–H and O–H groups in total. The van der Waals surface area contributed by atoms with Gasteiger partial charge in [0.2, 0.25) is 0 Å². The highest BCUT2D eigenvalue weighted by Crippen LogP contribution is 2.21. The van der Waals surface area contributed by atoms with Gasteiger partial charge in [-0.2, -0.15) is 0 Å². The average molecular weight is 260 g/mol. The van der Waals surface area contributed by atoms with Gasteiger partial charge in [-0.15, -0.1) is 12.8 Å². The largest absolute Gasteiger partial charge is 0.115 e. The molecule has 0 radical (unpaired) electrons. The Balaban J connectivity index is 5.50. The Morgan fingerprint density at radius 3 is 2.30 bits per heavy atom. The van der Waals surface area contributed by atoms with Gasteiger partial charge in [0.1, 0.15) is 0 Å². The predicted molar refractivity (Wildman–Crippen MR) is 90.9 cm³/mol. The lowest BCUT2D eigenvalue weighted by atomic mass is 9.96. The van der Waals surface area contributed by atoms with Crippen LogP contribution in [-0.4, -0.2) is 0 Å². The van der Waals surface area contributed by atoms with Crippen LogP contribution in [0.2, 0.25) is 0 Å². The molecule has 0 heterocycles. The first-order valence-corrected chi connectivity index (χ1v) is 6.28. The second-order valence-electron chi connectivity index (χ2n) is 3.82. The zero-order chi connectivity index (χ0) is 15.2. The van der Waals surface area contributed by atoms with Crippen LogP contribution in [0.4, 0.5) is 0 Å². The lowest BCUT2D eigenvalue weighted by molar-refractivity contribution is 1.18. The number of rotatable bonds is 7. The Morgan fingerprint density at radius 1 is 1.10 bits per heavy atom. The smallest absolute Gasteiger partial charge is 0.00202 e. The standard InChI is InChI=1S/C20H20/c1-6-11-13-16-20(17-18(9-4)14-8-3)19(10-5)15-12-7-2/h1-2,8-16H,3-4,17H2,5H3/b13-11-,15-12-,18-14+,19-10+,20-16-. The van der Waals surface area contributed by atoms with E-state index in [1.807, 2.05) is 43.4 Å². The van der Waals surface area contributed by atoms with Gasteiger partial charge in [0.25, 0.3) is 0 Å². The summed E-state index contributed by atoms with van der Waals surface area (Å²) in [6, 6.07) is 0. The second kappa shape index (κ2) is 11.4. The fourth-order valence-electron chi connectivity index (χ4n) is 1.57. The summed E-state index contributed by atoms with van der Waals surface area (Å²) in [5.74, 6) is 4.97. The van der Waals surface area contributed by atoms with Crippen LogP contribution >= 0.6 is 0 Å². The summed E-state index contributed by atoms with van der Waals surface area (Å²) in [6.07, 6.45) is 27.8. The molecular weight excluding hydrogens is 240 g/mol. The van der Waals surface area contributed by atoms with Crippen LogP contribution in [0.3, 0.4) is 0 Å². The molecule has 0 nitrogen and oxygen atoms in total. The minimum Gasteiger partial charge on any atom is -0.115 e. The number of hydrogen-bond acceptors (Lipinski definition) is 0. The van der Waals surface area contributed by atoms with Gasteiger partial charge in [-0.25, -0.2) is 0 Å². The van der Waals surface area contributed by atoms with Crippen LogP contribution in [0.5, 0.6) is 0 Å². The van der Waals surface area contributed by atoms with Crippen LogP contribution in [0.1, 0.15) is 13.3 Å². The Hall–Kier alpha value is -2.70. The Bertz CT molecular complexity index is 558. The van der Waals surface area contributed by atoms with Gasteiger partial charge in [0.15, 0.2) is 0 Å². The molecule has 100 valence electrons. The molecule has 0 rings (SSSR count). The maximum Gasteiger partial charge on any atom is -0.00202 e. The van der Waals surface area contributed by atoms with Crippen molar-refractivity contribution in [3.8, 4) is 24.7 Å². The molecule has 0 aliphatic rings. The molecule has 20 heavy (non-hydrogen) atoms. The minimum absolute atomic E-state index is 0.735. The molecule has 0 aliphatic heterocycles. The maximum atomic E-state index is 5.26. The van der Waals surface area contributed by atoms with E-state index in [2.05, 4.69) is 25.0 Å². The number of terminal acetylenes is 2. The molecular formula is C20H20. The maximum absolute atomic E-state index is 5.26. The van der Waals surface area contributed by atoms with Crippen molar-refractivity contribution in [1.82, 2.24) is 0 Å². The van der Waals surface area contributed by atoms with Gasteiger partial charge in [-0.05, 0) is 48.3 Å². The normalized spacial score (nSPS) is 13.2. The van der Waals surface area contributed by atoms with E-state index in [4.69, 9.17) is 12.8 Å². The first-order valence-electron chi connectivity index (χ1n) is 6.28. The molecule has 0 saturated heterocycles. The summed E-state index contributed by atoms with van der Waals surface area (Å²) in [5, 5.41) is 0. The van der Waals surface area contributed by atoms with Crippen molar-refractivity contribution < 1.29 is 0 Å². The zero-order valence-electron chi connectivity index (χ0n) is 12.0. The van der Waals surface area contributed by atoms with Crippen molar-refractivity contribution in [3.05, 3.63) is 84.6 Å². The van der Waals surface area contributed by atoms with E-state index in [1.54, 1.807) is 18.2 Å². The van der Waals surface area contributed by atoms with Crippen molar-refractivity contribution >= 4 is 0 Å². The summed E-state index contributed by atoms with van der Waals surface area (Å²) < 4.78 is 0. The van der Waals surface area contributed by atoms with Gasteiger partial charge in [0.05, 0.1) is 0 Å². The molecule has 0 aromatic rings. The quantitative estimate of drug-likeness (QED) is 0.450. The van der Waals surface area contributed by atoms with Crippen molar-refractivity contribution in [2.75, 3.05) is 0 Å². The van der Waals surface area contributed by atoms with Crippen LogP contribution in [0.25, 0.3) is 0 Å². The van der Waals surface area contributed by atoms with Crippen LogP contribution in [0.15, 0.2) is 84.6 Å². The fourth-order valence-corrected chi connectivity index (χ4v) is 1.57. The fraction of sp³-hybridized carbons (Fsp3) is 0.100. The van der Waals surface area contributed by atoms with Gasteiger partial charge in [0, 0.05) is 0 Å². The molecule has 0 heteroatoms. The number of hydrogen-bond donors (Lipinski definition) is 0. The number of allylic oxidation sites excluding steroid dienone is 12. The van der Waals surface area contributed by atoms with E-state index in [-0.39, 0.29) is 0 Å². The monoisotopic (exact) mass is 260 g/mol. The molecule has 0 saturated carbocycles. The van der Waals surface area contributed by atoms with Crippen LogP contribution in [0, 0.1) is 24.7 Å². The summed E-state index contributed by atoms with van der Waals surface area (Å²) in [7, 11) is 0. The van der Waals surface area contributed by atoms with Gasteiger partial charge >= 0.3 is 0 Å². The van der Waals surface area contributed by atoms with E-state index in [1.165, 1.54) is 0 Å². The van der Waals surface area contributed by atoms with Crippen molar-refractivity contribution in [2.24, 2.45) is 0 Å². The van der Waals surface area contributed by atoms with Crippen LogP contribution < -0.4 is 0 Å². The van der Waals surface area contributed by atoms with E-state index in [0.29, 0.717) is 0 Å². The molecule has 0 unspecified atom stereocenters. The summed E-state index contributed by atoms with van der Waals surface area (Å²) in [6.45, 7) is 9.49. The molecule has 0 aromatic carbocycles. The van der Waals surface area contributed by atoms with Crippen molar-refractivity contribution in [3.63, 3.8) is 0 Å². The lowest BCUT2D eigenvalue weighted by Crippen LogP contribution is -1.90. The van der Waals surface area contributed by atoms with E-state index >= 15 is 0 Å². The molecule has 0 bridgehead atoms. The summed E-state index contributed by atoms with van der Waals surface area (Å²) in [4.78, 5) is 0. The van der Waals surface area contributed by atoms with Crippen LogP contribution in [-0.2, 0) is 0 Å². The highest BCUT2D eigenvalue weighted by molar-refractivity contribution is 5.46. The molecule has 0 amide bonds. The molecule has 0 atom stereocenters. The summed E-state index contributed by atoms with van der Waals surface area (Å²) in [5.41, 5.74) is 3.24. The molecule has 0 fully saturated rings. The summed E-state index contributed by atoms with van der Waals surface area (Å²) >= 11 is 0. The zero-order valence-corrected chi connectivity index (χ0v) is 12.0. The Morgan fingerprint density at radius 2 is 1.80 bits per heavy atom. The Labute approximate surface area is 123 Å². The molecule has 0 aromatic heterocycles. The van der Waals surface area contributed by atoms with E-state index in [0.717, 1.165) is 23.1 Å². The third-order valence-corrected chi connectivity index (χ3v) is 2.52. The van der Waals surface area contributed by atoms with Gasteiger partial charge < -0.3 is 0 Å². The Kier molecular flexibility index (Phi) is 9.86. The van der Waals surface area contributed by atoms with Gasteiger partial charge in [-0.1, -0.05) is 61.5 Å². The molecule has 0 spiro atoms. The van der Waals surface area contributed by atoms with E-state index < -0.39 is 0 Å². The highest BCUT2D eigenvalue weighted by atomic mass is 14.1. The van der Waals surface area contributed by atoms with E-state index in [9.17, 15) is 0 Å². The van der Waals surface area contributed by atoms with Crippen molar-refractivity contribution in [2.45, 2.75) is 13.3 Å². The average Bonchev–Trinajstić information content (AvgIpc) is 2.47. The minimum atomic E-state index is 0.735. The predicted octanol–water partition coefficient (Wildman–Crippen LogP) is 4.93. The third-order valence-electron chi connectivity index (χ3n) is 2.52. The highest BCUT2D eigenvalue weighted by Gasteiger charge is 2.02. The topological polar surface area (TPSA) is 0 Å². The van der Waals surface area contributed by atoms with Gasteiger partial charge in [-0.3, -0.25) is 0 Å². The molecule has 0 aliphatic carbocycles. The first-order chi connectivity index (χ1) is 9.73. The lowest BCUT2D eigenvalue weighted by Gasteiger charge is -2.09. The second-order valence-corrected chi connectivity index (χ2v) is 3.82. The third kappa shape index (κ3) is 6.90. The first kappa shape index (κ1) is 17.3. The van der Waals surface area contributed by atoms with Crippen molar-refractivity contribution in [1.29, 1.82) is 0 Å².